The predicted molar refractivity (Wildman–Crippen MR) is 223 cm³/mol. The summed E-state index contributed by atoms with van der Waals surface area (Å²) in [6, 6.07) is 34.6. The molecule has 0 amide bonds. The molecule has 248 valence electrons. The SMILES string of the molecule is [2H]c1c([2H])c(N(c2cccc(-n3c4ccccc4c4ccccc43)c2)c2cccc3oc4c5ccccc5ccc4c23)c([2H])c([2H])c1-c1c([2H])c([2H])c2c([2H])c([2H])c([2H])c([2H])c2c1[2H]. The molecule has 0 saturated heterocycles. The van der Waals surface area contributed by atoms with Crippen molar-refractivity contribution < 1.29 is 19.5 Å². The summed E-state index contributed by atoms with van der Waals surface area (Å²) < 4.78 is 108. The molecule has 0 aliphatic heterocycles. The maximum Gasteiger partial charge on any atom is 0.143 e. The van der Waals surface area contributed by atoms with E-state index in [-0.39, 0.29) is 16.5 Å². The molecule has 11 rings (SSSR count). The maximum absolute atomic E-state index is 9.75. The summed E-state index contributed by atoms with van der Waals surface area (Å²) in [4.78, 5) is 1.68. The number of fused-ring (bicyclic) bond motifs is 9. The molecule has 3 nitrogen and oxygen atoms in total. The third kappa shape index (κ3) is 4.68. The zero-order chi connectivity index (χ0) is 44.5. The predicted octanol–water partition coefficient (Wildman–Crippen LogP) is 14.1. The van der Waals surface area contributed by atoms with Gasteiger partial charge in [0.25, 0.3) is 0 Å². The highest BCUT2D eigenvalue weighted by Crippen LogP contribution is 2.45. The summed E-state index contributed by atoms with van der Waals surface area (Å²) in [5.41, 5.74) is 3.83. The van der Waals surface area contributed by atoms with Crippen LogP contribution in [0.4, 0.5) is 17.1 Å². The van der Waals surface area contributed by atoms with Crippen molar-refractivity contribution >= 4 is 82.4 Å². The molecule has 0 unspecified atom stereocenters. The Bertz CT molecular complexity index is 3760. The minimum Gasteiger partial charge on any atom is -0.455 e. The number of rotatable bonds is 5. The minimum atomic E-state index is -0.659. The molecule has 0 fully saturated rings. The van der Waals surface area contributed by atoms with Crippen LogP contribution in [-0.2, 0) is 0 Å². The Kier molecular flexibility index (Phi) is 4.57. The molecule has 0 N–H and O–H groups in total. The largest absolute Gasteiger partial charge is 0.455 e. The van der Waals surface area contributed by atoms with Crippen molar-refractivity contribution in [2.45, 2.75) is 0 Å². The fourth-order valence-electron chi connectivity index (χ4n) is 7.53. The molecule has 0 atom stereocenters. The summed E-state index contributed by atoms with van der Waals surface area (Å²) in [6.45, 7) is 0. The average Bonchev–Trinajstić information content (AvgIpc) is 3.87. The van der Waals surface area contributed by atoms with E-state index in [0.717, 1.165) is 43.7 Å². The van der Waals surface area contributed by atoms with E-state index in [9.17, 15) is 6.85 Å². The molecule has 0 spiro atoms. The van der Waals surface area contributed by atoms with Crippen LogP contribution in [0.2, 0.25) is 0 Å². The minimum absolute atomic E-state index is 0.132. The third-order valence-corrected chi connectivity index (χ3v) is 9.87. The molecule has 2 aromatic heterocycles. The van der Waals surface area contributed by atoms with Gasteiger partial charge in [-0.1, -0.05) is 127 Å². The van der Waals surface area contributed by atoms with Crippen molar-refractivity contribution in [1.29, 1.82) is 0 Å². The second kappa shape index (κ2) is 11.7. The van der Waals surface area contributed by atoms with Crippen molar-refractivity contribution in [3.8, 4) is 16.8 Å². The second-order valence-electron chi connectivity index (χ2n) is 12.9. The van der Waals surface area contributed by atoms with Gasteiger partial charge in [-0.15, -0.1) is 0 Å². The number of hydrogen-bond donors (Lipinski definition) is 0. The van der Waals surface area contributed by atoms with Gasteiger partial charge in [0.05, 0.1) is 37.2 Å². The highest BCUT2D eigenvalue weighted by atomic mass is 16.3. The summed E-state index contributed by atoms with van der Waals surface area (Å²) in [7, 11) is 0. The summed E-state index contributed by atoms with van der Waals surface area (Å²) >= 11 is 0. The molecule has 0 aliphatic rings. The molecule has 11 aromatic rings. The van der Waals surface area contributed by atoms with E-state index >= 15 is 0 Å². The number of benzene rings is 9. The van der Waals surface area contributed by atoms with E-state index in [1.165, 1.54) is 0 Å². The van der Waals surface area contributed by atoms with Crippen molar-refractivity contribution in [2.24, 2.45) is 0 Å². The first-order valence-corrected chi connectivity index (χ1v) is 17.2. The zero-order valence-corrected chi connectivity index (χ0v) is 27.9. The van der Waals surface area contributed by atoms with Gasteiger partial charge in [-0.25, -0.2) is 0 Å². The lowest BCUT2D eigenvalue weighted by Gasteiger charge is -2.27. The number of furan rings is 1. The first kappa shape index (κ1) is 20.7. The van der Waals surface area contributed by atoms with Gasteiger partial charge in [-0.05, 0) is 93.9 Å². The quantitative estimate of drug-likeness (QED) is 0.180. The lowest BCUT2D eigenvalue weighted by atomic mass is 10.0. The van der Waals surface area contributed by atoms with Crippen LogP contribution in [0.5, 0.6) is 0 Å². The Morgan fingerprint density at radius 1 is 0.491 bits per heavy atom. The van der Waals surface area contributed by atoms with Crippen molar-refractivity contribution in [3.63, 3.8) is 0 Å². The molecule has 3 heteroatoms. The van der Waals surface area contributed by atoms with E-state index in [4.69, 9.17) is 12.6 Å². The van der Waals surface area contributed by atoms with E-state index in [2.05, 4.69) is 16.7 Å². The molecule has 0 radical (unpaired) electrons. The molecule has 2 heterocycles. The van der Waals surface area contributed by atoms with E-state index < -0.39 is 77.6 Å². The van der Waals surface area contributed by atoms with Gasteiger partial charge >= 0.3 is 0 Å². The Morgan fingerprint density at radius 3 is 2.00 bits per heavy atom. The number of anilines is 3. The first-order valence-electron chi connectivity index (χ1n) is 22.7. The summed E-state index contributed by atoms with van der Waals surface area (Å²) in [5, 5.41) is 4.72. The first-order chi connectivity index (χ1) is 30.9. The van der Waals surface area contributed by atoms with Crippen molar-refractivity contribution in [3.05, 3.63) is 194 Å². The Balaban J connectivity index is 1.22. The van der Waals surface area contributed by atoms with Gasteiger partial charge < -0.3 is 13.9 Å². The van der Waals surface area contributed by atoms with Crippen LogP contribution in [0.15, 0.2) is 198 Å². The van der Waals surface area contributed by atoms with Crippen molar-refractivity contribution in [1.82, 2.24) is 4.57 Å². The van der Waals surface area contributed by atoms with Crippen LogP contribution in [0.3, 0.4) is 0 Å². The lowest BCUT2D eigenvalue weighted by Crippen LogP contribution is -2.11. The fraction of sp³-hybridized carbons (Fsp3) is 0. The molecule has 9 aromatic carbocycles. The van der Waals surface area contributed by atoms with Crippen LogP contribution >= 0.6 is 0 Å². The molecule has 53 heavy (non-hydrogen) atoms. The number of hydrogen-bond acceptors (Lipinski definition) is 2. The fourth-order valence-corrected chi connectivity index (χ4v) is 7.53. The highest BCUT2D eigenvalue weighted by molar-refractivity contribution is 6.19. The smallest absolute Gasteiger partial charge is 0.143 e. The maximum atomic E-state index is 9.75. The third-order valence-electron chi connectivity index (χ3n) is 9.87. The number of nitrogens with zero attached hydrogens (tertiary/aromatic N) is 2. The molecule has 0 aliphatic carbocycles. The van der Waals surface area contributed by atoms with Gasteiger partial charge in [-0.2, -0.15) is 0 Å². The summed E-state index contributed by atoms with van der Waals surface area (Å²) in [5.74, 6) is 0. The number of aromatic nitrogens is 1. The second-order valence-corrected chi connectivity index (χ2v) is 12.9. The standard InChI is InChI=1S/C50H32N2O/c1-2-13-36-31-37(24-23-33(36)11-1)34-25-28-38(29-26-34)51(47-21-10-22-48-49(47)44-30-27-35-12-3-4-16-41(35)50(44)53-48)39-14-9-15-40(32-39)52-45-19-7-5-17-42(45)43-18-6-8-20-46(43)52/h1-32H/i1D,2D,11D,13D,23D,24D,25D,26D,28D,29D,31D. The normalized spacial score (nSPS) is 14.7. The molecular weight excluding hydrogens is 645 g/mol. The molecule has 0 saturated carbocycles. The van der Waals surface area contributed by atoms with Gasteiger partial charge in [0, 0.05) is 38.6 Å². The lowest BCUT2D eigenvalue weighted by molar-refractivity contribution is 0.672. The zero-order valence-electron chi connectivity index (χ0n) is 38.9. The monoisotopic (exact) mass is 687 g/mol. The van der Waals surface area contributed by atoms with E-state index in [0.29, 0.717) is 27.9 Å². The van der Waals surface area contributed by atoms with Crippen LogP contribution in [-0.4, -0.2) is 4.57 Å². The van der Waals surface area contributed by atoms with Crippen molar-refractivity contribution in [2.75, 3.05) is 4.90 Å². The van der Waals surface area contributed by atoms with Crippen LogP contribution < -0.4 is 4.90 Å². The topological polar surface area (TPSA) is 21.3 Å². The highest BCUT2D eigenvalue weighted by Gasteiger charge is 2.21. The van der Waals surface area contributed by atoms with Crippen LogP contribution in [0.25, 0.3) is 82.1 Å². The van der Waals surface area contributed by atoms with Gasteiger partial charge in [-0.3, -0.25) is 0 Å². The Hall–Kier alpha value is -7.10. The van der Waals surface area contributed by atoms with Crippen LogP contribution in [0, 0.1) is 0 Å². The van der Waals surface area contributed by atoms with Gasteiger partial charge in [0.1, 0.15) is 11.2 Å². The summed E-state index contributed by atoms with van der Waals surface area (Å²) in [6.07, 6.45) is 0. The average molecular weight is 688 g/mol. The van der Waals surface area contributed by atoms with Gasteiger partial charge in [0.15, 0.2) is 0 Å². The van der Waals surface area contributed by atoms with Gasteiger partial charge in [0.2, 0.25) is 0 Å². The number of para-hydroxylation sites is 2. The van der Waals surface area contributed by atoms with E-state index in [1.807, 2.05) is 115 Å². The molecule has 0 bridgehead atoms. The Morgan fingerprint density at radius 2 is 1.19 bits per heavy atom. The molecular formula is C50H32N2O. The Labute approximate surface area is 321 Å². The van der Waals surface area contributed by atoms with Crippen LogP contribution in [0.1, 0.15) is 15.1 Å². The van der Waals surface area contributed by atoms with E-state index in [1.54, 1.807) is 4.90 Å².